The Morgan fingerprint density at radius 3 is 2.53 bits per heavy atom. The molecule has 0 atom stereocenters. The minimum atomic E-state index is -0.233. The van der Waals surface area contributed by atoms with Crippen LogP contribution in [0.15, 0.2) is 42.5 Å². The maximum atomic E-state index is 12.8. The molecule has 0 saturated carbocycles. The van der Waals surface area contributed by atoms with Gasteiger partial charge in [0.15, 0.2) is 0 Å². The van der Waals surface area contributed by atoms with Crippen molar-refractivity contribution in [3.63, 3.8) is 0 Å². The van der Waals surface area contributed by atoms with E-state index in [2.05, 4.69) is 0 Å². The van der Waals surface area contributed by atoms with E-state index >= 15 is 0 Å². The Morgan fingerprint density at radius 1 is 1.11 bits per heavy atom. The highest BCUT2D eigenvalue weighted by Gasteiger charge is 2.06. The van der Waals surface area contributed by atoms with Crippen LogP contribution in [0.1, 0.15) is 16.7 Å². The number of hydrogen-bond acceptors (Lipinski definition) is 2. The second-order valence-electron chi connectivity index (χ2n) is 4.52. The highest BCUT2D eigenvalue weighted by atomic mass is 19.1. The molecule has 2 N–H and O–H groups in total. The van der Waals surface area contributed by atoms with Crippen molar-refractivity contribution in [2.75, 3.05) is 6.54 Å². The summed E-state index contributed by atoms with van der Waals surface area (Å²) in [5, 5.41) is 0. The average Bonchev–Trinajstić information content (AvgIpc) is 2.40. The van der Waals surface area contributed by atoms with Gasteiger partial charge < -0.3 is 10.5 Å². The zero-order chi connectivity index (χ0) is 13.7. The molecule has 2 aromatic rings. The fraction of sp³-hybridized carbons (Fsp3) is 0.250. The van der Waals surface area contributed by atoms with Crippen molar-refractivity contribution in [1.82, 2.24) is 0 Å². The van der Waals surface area contributed by atoms with Gasteiger partial charge in [-0.2, -0.15) is 0 Å². The van der Waals surface area contributed by atoms with E-state index in [0.717, 1.165) is 28.9 Å². The Hall–Kier alpha value is -1.87. The molecule has 0 bridgehead atoms. The quantitative estimate of drug-likeness (QED) is 0.894. The molecule has 2 nitrogen and oxygen atoms in total. The maximum absolute atomic E-state index is 12.8. The molecule has 0 aromatic heterocycles. The molecule has 2 aromatic carbocycles. The van der Waals surface area contributed by atoms with Crippen LogP contribution in [-0.2, 0) is 13.0 Å². The van der Waals surface area contributed by atoms with E-state index < -0.39 is 0 Å². The summed E-state index contributed by atoms with van der Waals surface area (Å²) in [6.45, 7) is 3.04. The Balaban J connectivity index is 2.12. The second kappa shape index (κ2) is 6.34. The Morgan fingerprint density at radius 2 is 1.84 bits per heavy atom. The lowest BCUT2D eigenvalue weighted by molar-refractivity contribution is 0.300. The summed E-state index contributed by atoms with van der Waals surface area (Å²) in [5.41, 5.74) is 8.76. The Labute approximate surface area is 113 Å². The molecular weight excluding hydrogens is 241 g/mol. The molecule has 0 aliphatic rings. The fourth-order valence-corrected chi connectivity index (χ4v) is 2.01. The normalized spacial score (nSPS) is 10.5. The number of rotatable bonds is 5. The lowest BCUT2D eigenvalue weighted by Gasteiger charge is -2.13. The van der Waals surface area contributed by atoms with Crippen LogP contribution in [0.4, 0.5) is 4.39 Å². The number of halogens is 1. The molecule has 0 aliphatic heterocycles. The van der Waals surface area contributed by atoms with Crippen molar-refractivity contribution in [3.05, 3.63) is 65.0 Å². The van der Waals surface area contributed by atoms with Crippen molar-refractivity contribution < 1.29 is 9.13 Å². The summed E-state index contributed by atoms with van der Waals surface area (Å²) in [6, 6.07) is 12.4. The number of aryl methyl sites for hydroxylation is 1. The van der Waals surface area contributed by atoms with Crippen molar-refractivity contribution in [1.29, 1.82) is 0 Å². The van der Waals surface area contributed by atoms with Gasteiger partial charge in [0.25, 0.3) is 0 Å². The maximum Gasteiger partial charge on any atom is 0.125 e. The summed E-state index contributed by atoms with van der Waals surface area (Å²) in [5.74, 6) is 0.653. The number of ether oxygens (including phenoxy) is 1. The van der Waals surface area contributed by atoms with Crippen molar-refractivity contribution in [2.45, 2.75) is 20.0 Å². The summed E-state index contributed by atoms with van der Waals surface area (Å²) >= 11 is 0. The molecule has 0 unspecified atom stereocenters. The van der Waals surface area contributed by atoms with Crippen LogP contribution in [0.3, 0.4) is 0 Å². The van der Waals surface area contributed by atoms with E-state index in [0.29, 0.717) is 13.2 Å². The Bertz CT molecular complexity index is 537. The van der Waals surface area contributed by atoms with E-state index in [1.807, 2.05) is 25.1 Å². The van der Waals surface area contributed by atoms with Gasteiger partial charge in [-0.15, -0.1) is 0 Å². The van der Waals surface area contributed by atoms with Gasteiger partial charge in [-0.3, -0.25) is 0 Å². The molecule has 2 rings (SSSR count). The van der Waals surface area contributed by atoms with Crippen LogP contribution >= 0.6 is 0 Å². The number of para-hydroxylation sites is 1. The number of benzene rings is 2. The molecule has 19 heavy (non-hydrogen) atoms. The van der Waals surface area contributed by atoms with Gasteiger partial charge >= 0.3 is 0 Å². The van der Waals surface area contributed by atoms with Gasteiger partial charge in [-0.25, -0.2) is 4.39 Å². The van der Waals surface area contributed by atoms with Gasteiger partial charge in [-0.1, -0.05) is 30.3 Å². The SMILES string of the molecule is Cc1cccc(CCN)c1OCc1ccc(F)cc1. The molecule has 0 saturated heterocycles. The van der Waals surface area contributed by atoms with Crippen LogP contribution in [0.2, 0.25) is 0 Å². The smallest absolute Gasteiger partial charge is 0.125 e. The molecule has 0 fully saturated rings. The highest BCUT2D eigenvalue weighted by Crippen LogP contribution is 2.24. The molecule has 0 spiro atoms. The van der Waals surface area contributed by atoms with E-state index in [1.54, 1.807) is 12.1 Å². The first-order chi connectivity index (χ1) is 9.20. The molecule has 3 heteroatoms. The molecule has 0 heterocycles. The van der Waals surface area contributed by atoms with E-state index in [4.69, 9.17) is 10.5 Å². The fourth-order valence-electron chi connectivity index (χ4n) is 2.01. The lowest BCUT2D eigenvalue weighted by Crippen LogP contribution is -2.06. The van der Waals surface area contributed by atoms with Crippen LogP contribution in [-0.4, -0.2) is 6.54 Å². The second-order valence-corrected chi connectivity index (χ2v) is 4.52. The van der Waals surface area contributed by atoms with E-state index in [-0.39, 0.29) is 5.82 Å². The first-order valence-electron chi connectivity index (χ1n) is 6.36. The number of hydrogen-bond donors (Lipinski definition) is 1. The summed E-state index contributed by atoms with van der Waals surface area (Å²) in [7, 11) is 0. The minimum Gasteiger partial charge on any atom is -0.488 e. The highest BCUT2D eigenvalue weighted by molar-refractivity contribution is 5.41. The van der Waals surface area contributed by atoms with Crippen molar-refractivity contribution in [2.24, 2.45) is 5.73 Å². The van der Waals surface area contributed by atoms with Crippen molar-refractivity contribution >= 4 is 0 Å². The molecule has 100 valence electrons. The van der Waals surface area contributed by atoms with Gasteiger partial charge in [0, 0.05) is 0 Å². The molecular formula is C16H18FNO. The van der Waals surface area contributed by atoms with Gasteiger partial charge in [0.1, 0.15) is 18.2 Å². The lowest BCUT2D eigenvalue weighted by atomic mass is 10.1. The predicted octanol–water partition coefficient (Wildman–Crippen LogP) is 3.21. The van der Waals surface area contributed by atoms with Gasteiger partial charge in [0.05, 0.1) is 0 Å². The van der Waals surface area contributed by atoms with Crippen LogP contribution in [0, 0.1) is 12.7 Å². The monoisotopic (exact) mass is 259 g/mol. The summed E-state index contributed by atoms with van der Waals surface area (Å²) in [6.07, 6.45) is 0.792. The van der Waals surface area contributed by atoms with Gasteiger partial charge in [-0.05, 0) is 48.7 Å². The van der Waals surface area contributed by atoms with Crippen LogP contribution < -0.4 is 10.5 Å². The minimum absolute atomic E-state index is 0.233. The third-order valence-corrected chi connectivity index (χ3v) is 3.00. The average molecular weight is 259 g/mol. The van der Waals surface area contributed by atoms with Crippen LogP contribution in [0.25, 0.3) is 0 Å². The standard InChI is InChI=1S/C16H18FNO/c1-12-3-2-4-14(9-10-18)16(12)19-11-13-5-7-15(17)8-6-13/h2-8H,9-11,18H2,1H3. The van der Waals surface area contributed by atoms with E-state index in [1.165, 1.54) is 12.1 Å². The summed E-state index contributed by atoms with van der Waals surface area (Å²) in [4.78, 5) is 0. The first kappa shape index (κ1) is 13.6. The molecule has 0 amide bonds. The zero-order valence-corrected chi connectivity index (χ0v) is 11.0. The predicted molar refractivity (Wildman–Crippen MR) is 74.7 cm³/mol. The van der Waals surface area contributed by atoms with Crippen LogP contribution in [0.5, 0.6) is 5.75 Å². The first-order valence-corrected chi connectivity index (χ1v) is 6.36. The topological polar surface area (TPSA) is 35.2 Å². The van der Waals surface area contributed by atoms with E-state index in [9.17, 15) is 4.39 Å². The summed E-state index contributed by atoms with van der Waals surface area (Å²) < 4.78 is 18.7. The molecule has 0 radical (unpaired) electrons. The Kier molecular flexibility index (Phi) is 4.53. The molecule has 0 aliphatic carbocycles. The van der Waals surface area contributed by atoms with Gasteiger partial charge in [0.2, 0.25) is 0 Å². The third-order valence-electron chi connectivity index (χ3n) is 3.00. The third kappa shape index (κ3) is 3.55. The zero-order valence-electron chi connectivity index (χ0n) is 11.0. The largest absolute Gasteiger partial charge is 0.488 e. The van der Waals surface area contributed by atoms with Crippen molar-refractivity contribution in [3.8, 4) is 5.75 Å². The number of nitrogens with two attached hydrogens (primary N) is 1.